The van der Waals surface area contributed by atoms with Gasteiger partial charge in [0.1, 0.15) is 5.75 Å². The number of nitrogens with two attached hydrogens (primary N) is 1. The summed E-state index contributed by atoms with van der Waals surface area (Å²) in [6, 6.07) is 8.90. The van der Waals surface area contributed by atoms with Crippen LogP contribution in [0, 0.1) is 0 Å². The van der Waals surface area contributed by atoms with Gasteiger partial charge in [0.2, 0.25) is 0 Å². The molecule has 0 bridgehead atoms. The van der Waals surface area contributed by atoms with Crippen molar-refractivity contribution in [3.8, 4) is 17.0 Å². The van der Waals surface area contributed by atoms with Gasteiger partial charge in [0, 0.05) is 18.7 Å². The Morgan fingerprint density at radius 3 is 2.67 bits per heavy atom. The number of nitrogens with zero attached hydrogens (tertiary/aromatic N) is 5. The quantitative estimate of drug-likeness (QED) is 0.631. The minimum atomic E-state index is -0.815. The molecule has 1 aliphatic heterocycles. The summed E-state index contributed by atoms with van der Waals surface area (Å²) in [4.78, 5) is 12.8. The summed E-state index contributed by atoms with van der Waals surface area (Å²) in [5.74, 6) is -0.369. The van der Waals surface area contributed by atoms with Gasteiger partial charge < -0.3 is 15.9 Å². The second-order valence-corrected chi connectivity index (χ2v) is 6.71. The Labute approximate surface area is 155 Å². The van der Waals surface area contributed by atoms with Crippen molar-refractivity contribution in [2.45, 2.75) is 18.9 Å². The molecule has 9 nitrogen and oxygen atoms in total. The number of hydrogen-bond donors (Lipinski definition) is 3. The molecule has 1 saturated heterocycles. The van der Waals surface area contributed by atoms with Crippen molar-refractivity contribution < 1.29 is 15.0 Å². The van der Waals surface area contributed by atoms with E-state index in [2.05, 4.69) is 15.3 Å². The summed E-state index contributed by atoms with van der Waals surface area (Å²) in [7, 11) is 0. The highest BCUT2D eigenvalue weighted by molar-refractivity contribution is 5.87. The molecule has 140 valence electrons. The Morgan fingerprint density at radius 1 is 1.22 bits per heavy atom. The number of benzene rings is 1. The number of hydrogen-bond acceptors (Lipinski definition) is 7. The molecule has 2 aromatic heterocycles. The van der Waals surface area contributed by atoms with Crippen LogP contribution in [0.15, 0.2) is 30.3 Å². The zero-order chi connectivity index (χ0) is 19.0. The van der Waals surface area contributed by atoms with Gasteiger partial charge in [0.15, 0.2) is 11.3 Å². The molecule has 1 aromatic carbocycles. The number of phenols is 1. The van der Waals surface area contributed by atoms with Crippen LogP contribution in [0.1, 0.15) is 18.9 Å². The first kappa shape index (κ1) is 17.2. The lowest BCUT2D eigenvalue weighted by Gasteiger charge is -2.31. The Balaban J connectivity index is 1.67. The van der Waals surface area contributed by atoms with Crippen LogP contribution < -0.4 is 5.73 Å². The minimum absolute atomic E-state index is 0.0532. The predicted molar refractivity (Wildman–Crippen MR) is 99.2 cm³/mol. The maximum absolute atomic E-state index is 10.9. The fourth-order valence-electron chi connectivity index (χ4n) is 3.57. The van der Waals surface area contributed by atoms with Crippen molar-refractivity contribution in [2.24, 2.45) is 0 Å². The summed E-state index contributed by atoms with van der Waals surface area (Å²) in [6.07, 6.45) is 1.55. The van der Waals surface area contributed by atoms with Crippen LogP contribution >= 0.6 is 0 Å². The Hall–Kier alpha value is -3.20. The van der Waals surface area contributed by atoms with Crippen molar-refractivity contribution in [1.82, 2.24) is 24.9 Å². The number of para-hydroxylation sites is 1. The van der Waals surface area contributed by atoms with E-state index in [4.69, 9.17) is 10.8 Å². The van der Waals surface area contributed by atoms with E-state index >= 15 is 0 Å². The average Bonchev–Trinajstić information content (AvgIpc) is 2.98. The number of nitrogen functional groups attached to an aromatic ring is 1. The van der Waals surface area contributed by atoms with Gasteiger partial charge in [0.05, 0.1) is 23.8 Å². The number of carboxylic acids is 1. The van der Waals surface area contributed by atoms with E-state index in [1.54, 1.807) is 18.2 Å². The Bertz CT molecular complexity index is 994. The van der Waals surface area contributed by atoms with Gasteiger partial charge in [-0.05, 0) is 31.0 Å². The molecule has 4 rings (SSSR count). The Morgan fingerprint density at radius 2 is 1.96 bits per heavy atom. The van der Waals surface area contributed by atoms with E-state index in [0.717, 1.165) is 18.4 Å². The van der Waals surface area contributed by atoms with E-state index in [9.17, 15) is 9.90 Å². The molecule has 3 aromatic rings. The number of carbonyl (C=O) groups is 1. The molecule has 0 atom stereocenters. The number of rotatable bonds is 4. The van der Waals surface area contributed by atoms with Crippen molar-refractivity contribution in [3.05, 3.63) is 30.3 Å². The first-order valence-electron chi connectivity index (χ1n) is 8.77. The van der Waals surface area contributed by atoms with Crippen LogP contribution in [-0.2, 0) is 4.79 Å². The van der Waals surface area contributed by atoms with Gasteiger partial charge in [0.25, 0.3) is 0 Å². The summed E-state index contributed by atoms with van der Waals surface area (Å²) in [5, 5.41) is 31.9. The summed E-state index contributed by atoms with van der Waals surface area (Å²) in [5.41, 5.74) is 8.45. The van der Waals surface area contributed by atoms with Gasteiger partial charge in [-0.2, -0.15) is 5.10 Å². The number of anilines is 1. The molecule has 27 heavy (non-hydrogen) atoms. The minimum Gasteiger partial charge on any atom is -0.507 e. The molecule has 3 heterocycles. The van der Waals surface area contributed by atoms with Gasteiger partial charge in [-0.15, -0.1) is 10.2 Å². The molecule has 0 aliphatic carbocycles. The number of aromatic hydroxyl groups is 1. The maximum atomic E-state index is 10.9. The number of piperidine rings is 1. The lowest BCUT2D eigenvalue weighted by Crippen LogP contribution is -2.38. The lowest BCUT2D eigenvalue weighted by atomic mass is 10.0. The zero-order valence-electron chi connectivity index (χ0n) is 14.6. The van der Waals surface area contributed by atoms with Crippen LogP contribution in [0.2, 0.25) is 0 Å². The maximum Gasteiger partial charge on any atom is 0.317 e. The standard InChI is InChI=1S/C18H20N6O3/c19-18-17-14(9-13(20-21-17)12-3-1-2-4-15(12)25)24(22-18)11-5-7-23(8-6-11)10-16(26)27/h1-4,9,11,25H,5-8,10H2,(H2,19,22)(H,26,27). The van der Waals surface area contributed by atoms with E-state index in [1.165, 1.54) is 0 Å². The molecule has 1 aliphatic rings. The SMILES string of the molecule is Nc1nn(C2CCN(CC(=O)O)CC2)c2cc(-c3ccccc3O)nnc12. The third kappa shape index (κ3) is 3.28. The van der Waals surface area contributed by atoms with Crippen molar-refractivity contribution >= 4 is 22.8 Å². The monoisotopic (exact) mass is 368 g/mol. The van der Waals surface area contributed by atoms with Gasteiger partial charge >= 0.3 is 5.97 Å². The van der Waals surface area contributed by atoms with Gasteiger partial charge in [-0.1, -0.05) is 12.1 Å². The zero-order valence-corrected chi connectivity index (χ0v) is 14.6. The summed E-state index contributed by atoms with van der Waals surface area (Å²) < 4.78 is 1.86. The third-order valence-electron chi connectivity index (χ3n) is 4.92. The van der Waals surface area contributed by atoms with Crippen molar-refractivity contribution in [2.75, 3.05) is 25.4 Å². The first-order chi connectivity index (χ1) is 13.0. The van der Waals surface area contributed by atoms with Gasteiger partial charge in [-0.3, -0.25) is 14.4 Å². The molecular weight excluding hydrogens is 348 g/mol. The molecule has 0 saturated carbocycles. The lowest BCUT2D eigenvalue weighted by molar-refractivity contribution is -0.138. The third-order valence-corrected chi connectivity index (χ3v) is 4.92. The topological polar surface area (TPSA) is 130 Å². The number of likely N-dealkylation sites (tertiary alicyclic amines) is 1. The van der Waals surface area contributed by atoms with Crippen molar-refractivity contribution in [3.63, 3.8) is 0 Å². The van der Waals surface area contributed by atoms with Crippen LogP contribution in [0.4, 0.5) is 5.82 Å². The fraction of sp³-hybridized carbons (Fsp3) is 0.333. The largest absolute Gasteiger partial charge is 0.507 e. The second kappa shape index (κ2) is 6.84. The highest BCUT2D eigenvalue weighted by Crippen LogP contribution is 2.32. The van der Waals surface area contributed by atoms with E-state index < -0.39 is 5.97 Å². The first-order valence-corrected chi connectivity index (χ1v) is 8.77. The summed E-state index contributed by atoms with van der Waals surface area (Å²) >= 11 is 0. The van der Waals surface area contributed by atoms with Crippen LogP contribution in [0.3, 0.4) is 0 Å². The van der Waals surface area contributed by atoms with Crippen molar-refractivity contribution in [1.29, 1.82) is 0 Å². The van der Waals surface area contributed by atoms with Gasteiger partial charge in [-0.25, -0.2) is 0 Å². The Kier molecular flexibility index (Phi) is 4.36. The number of carboxylic acid groups (broad SMARTS) is 1. The predicted octanol–water partition coefficient (Wildman–Crippen LogP) is 1.50. The molecule has 4 N–H and O–H groups in total. The van der Waals surface area contributed by atoms with Crippen LogP contribution in [0.5, 0.6) is 5.75 Å². The number of fused-ring (bicyclic) bond motifs is 1. The normalized spacial score (nSPS) is 16.0. The average molecular weight is 368 g/mol. The molecule has 0 unspecified atom stereocenters. The molecule has 0 amide bonds. The molecule has 1 fully saturated rings. The molecule has 9 heteroatoms. The highest BCUT2D eigenvalue weighted by atomic mass is 16.4. The summed E-state index contributed by atoms with van der Waals surface area (Å²) in [6.45, 7) is 1.42. The van der Waals surface area contributed by atoms with E-state index in [1.807, 2.05) is 21.7 Å². The van der Waals surface area contributed by atoms with E-state index in [0.29, 0.717) is 35.7 Å². The highest BCUT2D eigenvalue weighted by Gasteiger charge is 2.25. The van der Waals surface area contributed by atoms with Crippen LogP contribution in [0.25, 0.3) is 22.3 Å². The molecule has 0 spiro atoms. The molecule has 0 radical (unpaired) electrons. The fourth-order valence-corrected chi connectivity index (χ4v) is 3.57. The number of aromatic nitrogens is 4. The molecular formula is C18H20N6O3. The van der Waals surface area contributed by atoms with Crippen LogP contribution in [-0.4, -0.2) is 60.7 Å². The van der Waals surface area contributed by atoms with E-state index in [-0.39, 0.29) is 18.3 Å². The number of phenolic OH excluding ortho intramolecular Hbond substituents is 1. The smallest absolute Gasteiger partial charge is 0.317 e. The second-order valence-electron chi connectivity index (χ2n) is 6.71. The number of aliphatic carboxylic acids is 1.